The van der Waals surface area contributed by atoms with Crippen LogP contribution in [-0.2, 0) is 22.3 Å². The summed E-state index contributed by atoms with van der Waals surface area (Å²) in [6.45, 7) is 10.0. The lowest BCUT2D eigenvalue weighted by atomic mass is 10.0. The Labute approximate surface area is 189 Å². The van der Waals surface area contributed by atoms with Crippen molar-refractivity contribution >= 4 is 11.9 Å². The van der Waals surface area contributed by atoms with Gasteiger partial charge >= 0.3 is 18.1 Å². The Bertz CT molecular complexity index is 791. The van der Waals surface area contributed by atoms with E-state index in [4.69, 9.17) is 27.0 Å². The zero-order chi connectivity index (χ0) is 25.0. The molecular weight excluding hydrogens is 447 g/mol. The highest BCUT2D eigenvalue weighted by Gasteiger charge is 2.34. The molecule has 1 saturated heterocycles. The quantitative estimate of drug-likeness (QED) is 0.268. The van der Waals surface area contributed by atoms with Crippen molar-refractivity contribution in [2.45, 2.75) is 50.2 Å². The average molecular weight is 475 g/mol. The zero-order valence-electron chi connectivity index (χ0n) is 17.8. The second-order valence-corrected chi connectivity index (χ2v) is 7.41. The molecule has 0 spiro atoms. The van der Waals surface area contributed by atoms with Crippen molar-refractivity contribution in [2.75, 3.05) is 26.2 Å². The number of aliphatic carboxylic acids is 2. The number of aliphatic hydroxyl groups is 2. The summed E-state index contributed by atoms with van der Waals surface area (Å²) in [5, 5.41) is 35.8. The number of carboxylic acids is 2. The van der Waals surface area contributed by atoms with Crippen LogP contribution in [0.4, 0.5) is 13.2 Å². The van der Waals surface area contributed by atoms with Gasteiger partial charge in [-0.3, -0.25) is 4.90 Å². The van der Waals surface area contributed by atoms with Crippen LogP contribution >= 0.6 is 0 Å². The Kier molecular flexibility index (Phi) is 11.8. The van der Waals surface area contributed by atoms with Crippen LogP contribution in [0.3, 0.4) is 0 Å². The minimum atomic E-state index is -4.33. The van der Waals surface area contributed by atoms with E-state index in [-0.39, 0.29) is 6.04 Å². The summed E-state index contributed by atoms with van der Waals surface area (Å²) in [6, 6.07) is 6.08. The van der Waals surface area contributed by atoms with Crippen LogP contribution in [0.5, 0.6) is 0 Å². The van der Waals surface area contributed by atoms with E-state index < -0.39 is 35.9 Å². The minimum Gasteiger partial charge on any atom is -0.479 e. The zero-order valence-corrected chi connectivity index (χ0v) is 17.8. The first-order valence-electron chi connectivity index (χ1n) is 10.2. The Hall–Kier alpha value is -2.72. The van der Waals surface area contributed by atoms with Crippen LogP contribution in [0.15, 0.2) is 24.3 Å². The molecule has 0 amide bonds. The van der Waals surface area contributed by atoms with Crippen molar-refractivity contribution in [1.29, 1.82) is 0 Å². The van der Waals surface area contributed by atoms with E-state index in [1.165, 1.54) is 6.07 Å². The summed E-state index contributed by atoms with van der Waals surface area (Å²) >= 11 is 0. The molecule has 12 heteroatoms. The number of hydrogen-bond donors (Lipinski definition) is 5. The third kappa shape index (κ3) is 9.75. The topological polar surface area (TPSA) is 135 Å². The van der Waals surface area contributed by atoms with Gasteiger partial charge in [-0.05, 0) is 37.6 Å². The van der Waals surface area contributed by atoms with Crippen molar-refractivity contribution < 1.29 is 43.2 Å². The number of benzene rings is 1. The summed E-state index contributed by atoms with van der Waals surface area (Å²) in [7, 11) is 0. The maximum Gasteiger partial charge on any atom is 0.416 e. The Morgan fingerprint density at radius 1 is 1.12 bits per heavy atom. The monoisotopic (exact) mass is 475 g/mol. The molecule has 184 valence electrons. The molecule has 0 radical (unpaired) electrons. The highest BCUT2D eigenvalue weighted by atomic mass is 19.4. The number of aliphatic hydroxyl groups excluding tert-OH is 2. The largest absolute Gasteiger partial charge is 0.479 e. The fourth-order valence-corrected chi connectivity index (χ4v) is 3.34. The van der Waals surface area contributed by atoms with Gasteiger partial charge in [-0.2, -0.15) is 13.2 Å². The van der Waals surface area contributed by atoms with Gasteiger partial charge in [0.25, 0.3) is 0 Å². The Balaban J connectivity index is 0.000000461. The van der Waals surface area contributed by atoms with Crippen LogP contribution < -0.4 is 5.32 Å². The van der Waals surface area contributed by atoms with Gasteiger partial charge < -0.3 is 30.6 Å². The molecule has 1 aliphatic rings. The van der Waals surface area contributed by atoms with Gasteiger partial charge in [-0.15, -0.1) is 0 Å². The van der Waals surface area contributed by atoms with Gasteiger partial charge in [-0.25, -0.2) is 16.2 Å². The third-order valence-electron chi connectivity index (χ3n) is 5.04. The first-order valence-corrected chi connectivity index (χ1v) is 10.2. The van der Waals surface area contributed by atoms with Crippen molar-refractivity contribution in [2.24, 2.45) is 0 Å². The highest BCUT2D eigenvalue weighted by molar-refractivity contribution is 5.83. The molecule has 5 N–H and O–H groups in total. The lowest BCUT2D eigenvalue weighted by Crippen LogP contribution is -2.43. The number of hydrogen-bond acceptors (Lipinski definition) is 6. The first-order chi connectivity index (χ1) is 15.5. The highest BCUT2D eigenvalue weighted by Crippen LogP contribution is 2.33. The minimum absolute atomic E-state index is 0.281. The Morgan fingerprint density at radius 2 is 1.67 bits per heavy atom. The standard InChI is InChI=1S/C17H22F3N3.C4H6O6/c1-21-9-4-12-23(15-7-10-22-11-8-15)13-14-5-2-3-6-16(14)17(18,19)20;5-1(3(7)8)2(6)4(9)10/h2-3,5-6,15,22H,4,7-13H2;1-2,5-6H,(H,7,8)(H,9,10)/t;1-,2-/m.1/s1. The number of nitrogens with zero attached hydrogens (tertiary/aromatic N) is 2. The molecule has 1 heterocycles. The molecule has 1 aromatic carbocycles. The fraction of sp³-hybridized carbons (Fsp3) is 0.571. The molecule has 0 aromatic heterocycles. The van der Waals surface area contributed by atoms with Gasteiger partial charge in [0.05, 0.1) is 5.56 Å². The predicted molar refractivity (Wildman–Crippen MR) is 111 cm³/mol. The van der Waals surface area contributed by atoms with Crippen molar-refractivity contribution in [3.8, 4) is 0 Å². The number of carbonyl (C=O) groups is 2. The van der Waals surface area contributed by atoms with Crippen molar-refractivity contribution in [3.63, 3.8) is 0 Å². The van der Waals surface area contributed by atoms with Crippen LogP contribution in [0.25, 0.3) is 4.85 Å². The van der Waals surface area contributed by atoms with E-state index in [2.05, 4.69) is 15.1 Å². The third-order valence-corrected chi connectivity index (χ3v) is 5.04. The molecule has 1 fully saturated rings. The SMILES string of the molecule is O=C(O)[C@H](O)[C@@H](O)C(=O)O.[C-]#[N+]CCCN(Cc1ccccc1C(F)(F)F)C1CCNCC1. The summed E-state index contributed by atoms with van der Waals surface area (Å²) < 4.78 is 39.5. The molecule has 2 rings (SSSR count). The summed E-state index contributed by atoms with van der Waals surface area (Å²) in [6.07, 6.45) is -6.29. The maximum absolute atomic E-state index is 13.2. The van der Waals surface area contributed by atoms with Crippen molar-refractivity contribution in [3.05, 3.63) is 46.8 Å². The van der Waals surface area contributed by atoms with Crippen LogP contribution in [0, 0.1) is 6.57 Å². The van der Waals surface area contributed by atoms with E-state index in [1.54, 1.807) is 12.1 Å². The summed E-state index contributed by atoms with van der Waals surface area (Å²) in [5.41, 5.74) is -0.231. The number of alkyl halides is 3. The molecule has 1 aliphatic heterocycles. The number of carboxylic acid groups (broad SMARTS) is 2. The number of halogens is 3. The lowest BCUT2D eigenvalue weighted by molar-refractivity contribution is -0.165. The second-order valence-electron chi connectivity index (χ2n) is 7.41. The smallest absolute Gasteiger partial charge is 0.416 e. The molecule has 33 heavy (non-hydrogen) atoms. The molecule has 0 bridgehead atoms. The van der Waals surface area contributed by atoms with Gasteiger partial charge in [0.2, 0.25) is 6.54 Å². The number of piperidine rings is 1. The van der Waals surface area contributed by atoms with Crippen LogP contribution in [0.1, 0.15) is 30.4 Å². The number of nitrogens with one attached hydrogen (secondary N) is 1. The Morgan fingerprint density at radius 3 is 2.15 bits per heavy atom. The molecular formula is C21H28F3N3O6. The molecule has 2 atom stereocenters. The van der Waals surface area contributed by atoms with E-state index in [9.17, 15) is 22.8 Å². The van der Waals surface area contributed by atoms with Gasteiger partial charge in [0.15, 0.2) is 12.2 Å². The molecule has 1 aromatic rings. The van der Waals surface area contributed by atoms with E-state index in [0.717, 1.165) is 32.0 Å². The molecule has 0 aliphatic carbocycles. The fourth-order valence-electron chi connectivity index (χ4n) is 3.34. The normalized spacial score (nSPS) is 16.3. The maximum atomic E-state index is 13.2. The van der Waals surface area contributed by atoms with Gasteiger partial charge in [-0.1, -0.05) is 18.2 Å². The first kappa shape index (κ1) is 28.3. The van der Waals surface area contributed by atoms with Crippen LogP contribution in [0.2, 0.25) is 0 Å². The second kappa shape index (κ2) is 13.7. The molecule has 9 nitrogen and oxygen atoms in total. The van der Waals surface area contributed by atoms with Gasteiger partial charge in [0, 0.05) is 25.6 Å². The van der Waals surface area contributed by atoms with Gasteiger partial charge in [0.1, 0.15) is 0 Å². The van der Waals surface area contributed by atoms with E-state index in [1.807, 2.05) is 0 Å². The van der Waals surface area contributed by atoms with Crippen LogP contribution in [-0.4, -0.2) is 81.7 Å². The van der Waals surface area contributed by atoms with E-state index in [0.29, 0.717) is 31.6 Å². The number of rotatable bonds is 9. The predicted octanol–water partition coefficient (Wildman–Crippen LogP) is 1.45. The van der Waals surface area contributed by atoms with E-state index >= 15 is 0 Å². The average Bonchev–Trinajstić information content (AvgIpc) is 2.78. The molecule has 0 unspecified atom stereocenters. The van der Waals surface area contributed by atoms with Crippen molar-refractivity contribution in [1.82, 2.24) is 10.2 Å². The summed E-state index contributed by atoms with van der Waals surface area (Å²) in [5.74, 6) is -3.54. The summed E-state index contributed by atoms with van der Waals surface area (Å²) in [4.78, 5) is 25.0. The molecule has 0 saturated carbocycles. The lowest BCUT2D eigenvalue weighted by Gasteiger charge is -2.35.